The molecule has 1 saturated heterocycles. The Kier molecular flexibility index (Phi) is 3.71. The van der Waals surface area contributed by atoms with Crippen LogP contribution in [-0.4, -0.2) is 18.3 Å². The molecule has 1 fully saturated rings. The molecule has 1 heterocycles. The standard InChI is InChI=1S/C15H20BNO2/c1-14(2)15(3,4)19-16(18-14)13(10-11-17)12-8-6-5-7-9-12/h5-9,13H,10H2,1-4H3. The Hall–Kier alpha value is -1.31. The quantitative estimate of drug-likeness (QED) is 0.780. The van der Waals surface area contributed by atoms with Gasteiger partial charge in [0.2, 0.25) is 0 Å². The van der Waals surface area contributed by atoms with E-state index < -0.39 is 0 Å². The van der Waals surface area contributed by atoms with E-state index >= 15 is 0 Å². The van der Waals surface area contributed by atoms with Crippen molar-refractivity contribution in [2.45, 2.75) is 51.1 Å². The maximum Gasteiger partial charge on any atom is 0.466 e. The molecule has 1 unspecified atom stereocenters. The highest BCUT2D eigenvalue weighted by atomic mass is 16.7. The van der Waals surface area contributed by atoms with Crippen LogP contribution >= 0.6 is 0 Å². The molecule has 0 aliphatic carbocycles. The van der Waals surface area contributed by atoms with Gasteiger partial charge in [-0.3, -0.25) is 0 Å². The van der Waals surface area contributed by atoms with Crippen LogP contribution in [0.15, 0.2) is 30.3 Å². The van der Waals surface area contributed by atoms with Crippen molar-refractivity contribution in [3.05, 3.63) is 35.9 Å². The largest absolute Gasteiger partial charge is 0.466 e. The minimum Gasteiger partial charge on any atom is -0.403 e. The van der Waals surface area contributed by atoms with Gasteiger partial charge in [0.15, 0.2) is 0 Å². The fourth-order valence-corrected chi connectivity index (χ4v) is 2.22. The summed E-state index contributed by atoms with van der Waals surface area (Å²) in [6.45, 7) is 8.12. The Morgan fingerprint density at radius 2 is 1.63 bits per heavy atom. The SMILES string of the molecule is CC1(C)OB(C(CC#N)c2ccccc2)OC1(C)C. The van der Waals surface area contributed by atoms with Gasteiger partial charge in [-0.05, 0) is 33.3 Å². The van der Waals surface area contributed by atoms with Crippen molar-refractivity contribution >= 4 is 7.12 Å². The Labute approximate surface area is 115 Å². The van der Waals surface area contributed by atoms with E-state index in [-0.39, 0.29) is 24.1 Å². The first kappa shape index (κ1) is 14.1. The number of nitrogens with zero attached hydrogens (tertiary/aromatic N) is 1. The van der Waals surface area contributed by atoms with E-state index in [9.17, 15) is 0 Å². The summed E-state index contributed by atoms with van der Waals surface area (Å²) in [6, 6.07) is 12.2. The number of nitriles is 1. The summed E-state index contributed by atoms with van der Waals surface area (Å²) in [5.74, 6) is -0.0488. The van der Waals surface area contributed by atoms with Crippen LogP contribution in [0.4, 0.5) is 0 Å². The summed E-state index contributed by atoms with van der Waals surface area (Å²) >= 11 is 0. The second-order valence-corrected chi connectivity index (χ2v) is 6.00. The third-order valence-electron chi connectivity index (χ3n) is 4.14. The van der Waals surface area contributed by atoms with Gasteiger partial charge in [0.1, 0.15) is 0 Å². The van der Waals surface area contributed by atoms with Crippen molar-refractivity contribution in [3.8, 4) is 6.07 Å². The first-order valence-electron chi connectivity index (χ1n) is 6.65. The van der Waals surface area contributed by atoms with Crippen molar-refractivity contribution in [3.63, 3.8) is 0 Å². The molecule has 0 aromatic heterocycles. The molecule has 1 atom stereocenters. The first-order valence-corrected chi connectivity index (χ1v) is 6.65. The zero-order valence-electron chi connectivity index (χ0n) is 12.0. The fourth-order valence-electron chi connectivity index (χ4n) is 2.22. The molecule has 2 rings (SSSR count). The van der Waals surface area contributed by atoms with Crippen LogP contribution in [0.2, 0.25) is 0 Å². The van der Waals surface area contributed by atoms with Crippen molar-refractivity contribution in [2.24, 2.45) is 0 Å². The molecule has 0 saturated carbocycles. The molecule has 0 N–H and O–H groups in total. The van der Waals surface area contributed by atoms with Gasteiger partial charge in [-0.25, -0.2) is 0 Å². The number of rotatable bonds is 3. The molecule has 0 bridgehead atoms. The van der Waals surface area contributed by atoms with Gasteiger partial charge in [-0.2, -0.15) is 5.26 Å². The summed E-state index contributed by atoms with van der Waals surface area (Å²) in [5, 5.41) is 9.06. The molecule has 3 nitrogen and oxygen atoms in total. The maximum atomic E-state index is 9.06. The lowest BCUT2D eigenvalue weighted by Gasteiger charge is -2.32. The molecule has 1 aliphatic heterocycles. The molecular formula is C15H20BNO2. The monoisotopic (exact) mass is 257 g/mol. The Balaban J connectivity index is 2.26. The van der Waals surface area contributed by atoms with Crippen molar-refractivity contribution in [1.29, 1.82) is 5.26 Å². The van der Waals surface area contributed by atoms with Crippen LogP contribution in [-0.2, 0) is 9.31 Å². The molecule has 1 aromatic rings. The average molecular weight is 257 g/mol. The van der Waals surface area contributed by atoms with E-state index in [0.29, 0.717) is 6.42 Å². The predicted molar refractivity (Wildman–Crippen MR) is 75.5 cm³/mol. The second-order valence-electron chi connectivity index (χ2n) is 6.00. The zero-order valence-corrected chi connectivity index (χ0v) is 12.0. The Morgan fingerprint density at radius 1 is 1.11 bits per heavy atom. The summed E-state index contributed by atoms with van der Waals surface area (Å²) in [6.07, 6.45) is 0.390. The molecule has 0 spiro atoms. The molecule has 19 heavy (non-hydrogen) atoms. The highest BCUT2D eigenvalue weighted by Gasteiger charge is 2.53. The lowest BCUT2D eigenvalue weighted by molar-refractivity contribution is 0.00578. The van der Waals surface area contributed by atoms with Gasteiger partial charge < -0.3 is 9.31 Å². The summed E-state index contributed by atoms with van der Waals surface area (Å²) in [4.78, 5) is 0. The van der Waals surface area contributed by atoms with Crippen LogP contribution in [0.3, 0.4) is 0 Å². The van der Waals surface area contributed by atoms with E-state index in [1.54, 1.807) is 0 Å². The summed E-state index contributed by atoms with van der Waals surface area (Å²) < 4.78 is 12.1. The highest BCUT2D eigenvalue weighted by molar-refractivity contribution is 6.47. The van der Waals surface area contributed by atoms with Crippen molar-refractivity contribution < 1.29 is 9.31 Å². The predicted octanol–water partition coefficient (Wildman–Crippen LogP) is 3.32. The molecule has 1 aromatic carbocycles. The van der Waals surface area contributed by atoms with Crippen LogP contribution < -0.4 is 0 Å². The molecule has 100 valence electrons. The molecule has 0 amide bonds. The zero-order chi connectivity index (χ0) is 14.1. The smallest absolute Gasteiger partial charge is 0.403 e. The van der Waals surface area contributed by atoms with Crippen LogP contribution in [0.1, 0.15) is 45.5 Å². The Bertz CT molecular complexity index is 463. The summed E-state index contributed by atoms with van der Waals surface area (Å²) in [5.41, 5.74) is 0.364. The second kappa shape index (κ2) is 4.99. The molecule has 0 radical (unpaired) electrons. The van der Waals surface area contributed by atoms with E-state index in [0.717, 1.165) is 5.56 Å². The third-order valence-corrected chi connectivity index (χ3v) is 4.14. The van der Waals surface area contributed by atoms with Crippen LogP contribution in [0, 0.1) is 11.3 Å². The summed E-state index contributed by atoms with van der Waals surface area (Å²) in [7, 11) is -0.368. The minimum absolute atomic E-state index is 0.0488. The lowest BCUT2D eigenvalue weighted by Crippen LogP contribution is -2.41. The maximum absolute atomic E-state index is 9.06. The van der Waals surface area contributed by atoms with Gasteiger partial charge in [-0.15, -0.1) is 0 Å². The highest BCUT2D eigenvalue weighted by Crippen LogP contribution is 2.41. The van der Waals surface area contributed by atoms with E-state index in [1.807, 2.05) is 58.0 Å². The van der Waals surface area contributed by atoms with E-state index in [2.05, 4.69) is 6.07 Å². The van der Waals surface area contributed by atoms with Gasteiger partial charge in [-0.1, -0.05) is 30.3 Å². The van der Waals surface area contributed by atoms with Gasteiger partial charge in [0.05, 0.1) is 17.3 Å². The van der Waals surface area contributed by atoms with Crippen molar-refractivity contribution in [1.82, 2.24) is 0 Å². The lowest BCUT2D eigenvalue weighted by atomic mass is 9.66. The number of benzene rings is 1. The third kappa shape index (κ3) is 2.68. The van der Waals surface area contributed by atoms with Crippen LogP contribution in [0.5, 0.6) is 0 Å². The first-order chi connectivity index (χ1) is 8.87. The molecular weight excluding hydrogens is 237 g/mol. The molecule has 1 aliphatic rings. The van der Waals surface area contributed by atoms with Gasteiger partial charge in [0.25, 0.3) is 0 Å². The van der Waals surface area contributed by atoms with Gasteiger partial charge in [0, 0.05) is 12.2 Å². The Morgan fingerprint density at radius 3 is 2.11 bits per heavy atom. The number of hydrogen-bond acceptors (Lipinski definition) is 3. The van der Waals surface area contributed by atoms with Crippen molar-refractivity contribution in [2.75, 3.05) is 0 Å². The topological polar surface area (TPSA) is 42.2 Å². The van der Waals surface area contributed by atoms with E-state index in [4.69, 9.17) is 14.6 Å². The minimum atomic E-state index is -0.368. The normalized spacial score (nSPS) is 21.9. The average Bonchev–Trinajstić information content (AvgIpc) is 2.56. The van der Waals surface area contributed by atoms with Gasteiger partial charge >= 0.3 is 7.12 Å². The molecule has 4 heteroatoms. The number of hydrogen-bond donors (Lipinski definition) is 0. The van der Waals surface area contributed by atoms with Crippen LogP contribution in [0.25, 0.3) is 0 Å². The van der Waals surface area contributed by atoms with E-state index in [1.165, 1.54) is 0 Å². The fraction of sp³-hybridized carbons (Fsp3) is 0.533.